The van der Waals surface area contributed by atoms with Gasteiger partial charge >= 0.3 is 0 Å². The van der Waals surface area contributed by atoms with E-state index >= 15 is 0 Å². The average molecular weight is 729 g/mol. The molecular formula is C39H46F2N8O4. The number of carbonyl (C=O) groups excluding carboxylic acids is 3. The Morgan fingerprint density at radius 3 is 2.43 bits per heavy atom. The molecule has 0 radical (unpaired) electrons. The highest BCUT2D eigenvalue weighted by molar-refractivity contribution is 6.06. The Hall–Kier alpha value is -4.98. The molecule has 3 N–H and O–H groups in total. The average Bonchev–Trinajstić information content (AvgIpc) is 3.56. The second-order valence-electron chi connectivity index (χ2n) is 14.8. The molecule has 280 valence electrons. The number of halogens is 2. The van der Waals surface area contributed by atoms with Gasteiger partial charge in [0.15, 0.2) is 0 Å². The number of nitrogens with one attached hydrogen (secondary N) is 3. The van der Waals surface area contributed by atoms with Crippen LogP contribution >= 0.6 is 0 Å². The van der Waals surface area contributed by atoms with Crippen LogP contribution in [-0.4, -0.2) is 73.8 Å². The summed E-state index contributed by atoms with van der Waals surface area (Å²) in [6.45, 7) is 6.93. The van der Waals surface area contributed by atoms with Crippen LogP contribution in [0.25, 0.3) is 5.65 Å². The van der Waals surface area contributed by atoms with Gasteiger partial charge in [0.1, 0.15) is 29.0 Å². The zero-order valence-corrected chi connectivity index (χ0v) is 30.1. The molecule has 4 aromatic heterocycles. The Balaban J connectivity index is 0.911. The van der Waals surface area contributed by atoms with Crippen molar-refractivity contribution in [3.05, 3.63) is 77.6 Å². The molecule has 1 atom stereocenters. The third-order valence-electron chi connectivity index (χ3n) is 10.6. The van der Waals surface area contributed by atoms with Crippen molar-refractivity contribution >= 4 is 34.9 Å². The third kappa shape index (κ3) is 8.81. The van der Waals surface area contributed by atoms with E-state index in [0.717, 1.165) is 75.2 Å². The molecule has 6 heterocycles. The zero-order valence-electron chi connectivity index (χ0n) is 30.1. The number of aromatic nitrogens is 4. The van der Waals surface area contributed by atoms with Gasteiger partial charge in [-0.15, -0.1) is 0 Å². The van der Waals surface area contributed by atoms with Crippen LogP contribution in [0.15, 0.2) is 55.0 Å². The van der Waals surface area contributed by atoms with E-state index < -0.39 is 24.1 Å². The minimum absolute atomic E-state index is 0.0423. The van der Waals surface area contributed by atoms with Crippen molar-refractivity contribution in [2.75, 3.05) is 30.3 Å². The standard InChI is InChI=1S/C39H46F2N8O4/c1-23(2)53-33-18-35-45-32(22-49(35)21-28(33)38(51)46-34-5-3-4-30(44-34)37(40)41)25-8-6-24(7-9-25)20-48-16-14-26(15-17-48)29-11-10-27(19-42-29)43-31-12-13-36(50)47-39(31)52/h3-5,10-11,18-19,21-26,31,37,43H,6-9,12-17,20H2,1-2H3,(H,44,46,51)(H,47,50,52)/t24-,25-,31?. The van der Waals surface area contributed by atoms with E-state index in [4.69, 9.17) is 14.7 Å². The van der Waals surface area contributed by atoms with E-state index in [-0.39, 0.29) is 29.3 Å². The minimum atomic E-state index is -2.74. The third-order valence-corrected chi connectivity index (χ3v) is 10.6. The van der Waals surface area contributed by atoms with Crippen molar-refractivity contribution in [2.24, 2.45) is 5.92 Å². The number of likely N-dealkylation sites (tertiary alicyclic amines) is 1. The summed E-state index contributed by atoms with van der Waals surface area (Å²) in [5, 5.41) is 8.22. The molecule has 14 heteroatoms. The lowest BCUT2D eigenvalue weighted by molar-refractivity contribution is -0.133. The van der Waals surface area contributed by atoms with Crippen molar-refractivity contribution in [3.8, 4) is 5.75 Å². The van der Waals surface area contributed by atoms with Crippen LogP contribution in [0, 0.1) is 5.92 Å². The van der Waals surface area contributed by atoms with E-state index in [1.165, 1.54) is 18.2 Å². The number of ether oxygens (including phenoxy) is 1. The number of anilines is 2. The fourth-order valence-corrected chi connectivity index (χ4v) is 7.76. The SMILES string of the molecule is CC(C)Oc1cc2nc([C@H]3CC[C@H](CN4CCC(c5ccc(NC6CCC(=O)NC6=O)cn5)CC4)CC3)cn2cc1C(=O)Nc1cccc(C(F)F)n1. The second kappa shape index (κ2) is 15.9. The van der Waals surface area contributed by atoms with Gasteiger partial charge in [0, 0.05) is 49.0 Å². The molecule has 1 saturated carbocycles. The maximum absolute atomic E-state index is 13.3. The number of nitrogens with zero attached hydrogens (tertiary/aromatic N) is 5. The smallest absolute Gasteiger partial charge is 0.280 e. The van der Waals surface area contributed by atoms with Gasteiger partial charge in [-0.3, -0.25) is 24.7 Å². The number of imidazole rings is 1. The number of rotatable bonds is 11. The lowest BCUT2D eigenvalue weighted by atomic mass is 9.80. The van der Waals surface area contributed by atoms with Gasteiger partial charge in [-0.25, -0.2) is 18.7 Å². The van der Waals surface area contributed by atoms with Gasteiger partial charge in [-0.05, 0) is 102 Å². The van der Waals surface area contributed by atoms with Crippen LogP contribution < -0.4 is 20.7 Å². The first-order valence-electron chi connectivity index (χ1n) is 18.6. The summed E-state index contributed by atoms with van der Waals surface area (Å²) in [5.74, 6) is 0.762. The molecule has 1 unspecified atom stereocenters. The molecule has 2 aliphatic heterocycles. The molecule has 7 rings (SSSR count). The Labute approximate surface area is 307 Å². The first-order valence-corrected chi connectivity index (χ1v) is 18.6. The zero-order chi connectivity index (χ0) is 37.1. The highest BCUT2D eigenvalue weighted by Crippen LogP contribution is 2.37. The first-order chi connectivity index (χ1) is 25.6. The van der Waals surface area contributed by atoms with E-state index in [9.17, 15) is 23.2 Å². The fraction of sp³-hybridized carbons (Fsp3) is 0.487. The lowest BCUT2D eigenvalue weighted by Gasteiger charge is -2.36. The molecule has 12 nitrogen and oxygen atoms in total. The second-order valence-corrected chi connectivity index (χ2v) is 14.8. The van der Waals surface area contributed by atoms with E-state index in [2.05, 4.69) is 31.9 Å². The van der Waals surface area contributed by atoms with E-state index in [1.54, 1.807) is 18.5 Å². The largest absolute Gasteiger partial charge is 0.490 e. The molecule has 0 aromatic carbocycles. The van der Waals surface area contributed by atoms with Crippen LogP contribution in [0.4, 0.5) is 20.3 Å². The monoisotopic (exact) mass is 728 g/mol. The number of imide groups is 1. The van der Waals surface area contributed by atoms with E-state index in [1.807, 2.05) is 30.5 Å². The van der Waals surface area contributed by atoms with Crippen LogP contribution in [0.5, 0.6) is 5.75 Å². The van der Waals surface area contributed by atoms with Gasteiger partial charge in [0.05, 0.1) is 29.2 Å². The number of fused-ring (bicyclic) bond motifs is 1. The summed E-state index contributed by atoms with van der Waals surface area (Å²) in [4.78, 5) is 53.0. The van der Waals surface area contributed by atoms with Crippen LogP contribution in [0.2, 0.25) is 0 Å². The molecule has 0 bridgehead atoms. The molecule has 3 aliphatic rings. The maximum atomic E-state index is 13.3. The topological polar surface area (TPSA) is 143 Å². The van der Waals surface area contributed by atoms with Crippen molar-refractivity contribution < 1.29 is 27.9 Å². The molecule has 4 aromatic rings. The molecule has 2 saturated heterocycles. The number of amides is 3. The summed E-state index contributed by atoms with van der Waals surface area (Å²) in [6, 6.07) is 9.51. The molecular weight excluding hydrogens is 682 g/mol. The molecule has 3 fully saturated rings. The van der Waals surface area contributed by atoms with Crippen LogP contribution in [-0.2, 0) is 9.59 Å². The summed E-state index contributed by atoms with van der Waals surface area (Å²) >= 11 is 0. The van der Waals surface area contributed by atoms with Crippen molar-refractivity contribution in [3.63, 3.8) is 0 Å². The quantitative estimate of drug-likeness (QED) is 0.148. The highest BCUT2D eigenvalue weighted by atomic mass is 19.3. The Bertz CT molecular complexity index is 1940. The molecule has 53 heavy (non-hydrogen) atoms. The Kier molecular flexibility index (Phi) is 10.9. The van der Waals surface area contributed by atoms with Gasteiger partial charge in [0.25, 0.3) is 12.3 Å². The summed E-state index contributed by atoms with van der Waals surface area (Å²) in [5.41, 5.74) is 3.41. The summed E-state index contributed by atoms with van der Waals surface area (Å²) in [6.07, 6.45) is 9.81. The molecule has 3 amide bonds. The van der Waals surface area contributed by atoms with Gasteiger partial charge in [-0.2, -0.15) is 0 Å². The van der Waals surface area contributed by atoms with Crippen molar-refractivity contribution in [1.82, 2.24) is 29.6 Å². The number of hydrogen-bond donors (Lipinski definition) is 3. The van der Waals surface area contributed by atoms with Gasteiger partial charge in [-0.1, -0.05) is 6.07 Å². The fourth-order valence-electron chi connectivity index (χ4n) is 7.76. The van der Waals surface area contributed by atoms with Crippen LogP contribution in [0.1, 0.15) is 111 Å². The number of piperidine rings is 2. The van der Waals surface area contributed by atoms with Crippen molar-refractivity contribution in [2.45, 2.75) is 95.6 Å². The highest BCUT2D eigenvalue weighted by Gasteiger charge is 2.30. The lowest BCUT2D eigenvalue weighted by Crippen LogP contribution is -2.47. The Morgan fingerprint density at radius 2 is 1.74 bits per heavy atom. The number of alkyl halides is 2. The first kappa shape index (κ1) is 36.4. The minimum Gasteiger partial charge on any atom is -0.490 e. The molecule has 1 aliphatic carbocycles. The van der Waals surface area contributed by atoms with E-state index in [0.29, 0.717) is 42.0 Å². The van der Waals surface area contributed by atoms with Gasteiger partial charge < -0.3 is 24.7 Å². The summed E-state index contributed by atoms with van der Waals surface area (Å²) in [7, 11) is 0. The number of pyridine rings is 3. The van der Waals surface area contributed by atoms with Crippen molar-refractivity contribution in [1.29, 1.82) is 0 Å². The predicted octanol–water partition coefficient (Wildman–Crippen LogP) is 6.47. The number of hydrogen-bond acceptors (Lipinski definition) is 9. The summed E-state index contributed by atoms with van der Waals surface area (Å²) < 4.78 is 34.2. The maximum Gasteiger partial charge on any atom is 0.280 e. The Morgan fingerprint density at radius 1 is 0.962 bits per heavy atom. The van der Waals surface area contributed by atoms with Crippen LogP contribution in [0.3, 0.4) is 0 Å². The molecule has 0 spiro atoms. The van der Waals surface area contributed by atoms with Gasteiger partial charge in [0.2, 0.25) is 11.8 Å². The predicted molar refractivity (Wildman–Crippen MR) is 195 cm³/mol. The number of carbonyl (C=O) groups is 3. The normalized spacial score (nSPS) is 21.6.